The first kappa shape index (κ1) is 23.0. The number of rotatable bonds is 11. The van der Waals surface area contributed by atoms with Gasteiger partial charge in [0.25, 0.3) is 0 Å². The summed E-state index contributed by atoms with van der Waals surface area (Å²) in [7, 11) is 0. The number of hydrogen-bond acceptors (Lipinski definition) is 3. The third-order valence-electron chi connectivity index (χ3n) is 4.92. The average Bonchev–Trinajstić information content (AvgIpc) is 2.74. The van der Waals surface area contributed by atoms with Gasteiger partial charge in [0, 0.05) is 18.3 Å². The maximum absolute atomic E-state index is 13.1. The van der Waals surface area contributed by atoms with Crippen LogP contribution in [0.4, 0.5) is 0 Å². The molecule has 0 aliphatic carbocycles. The van der Waals surface area contributed by atoms with Crippen LogP contribution in [0.25, 0.3) is 0 Å². The molecule has 0 spiro atoms. The molecule has 0 saturated carbocycles. The number of carbonyl (C=O) groups excluding carboxylic acids is 2. The van der Waals surface area contributed by atoms with Gasteiger partial charge in [-0.1, -0.05) is 74.5 Å². The lowest BCUT2D eigenvalue weighted by Crippen LogP contribution is -2.51. The van der Waals surface area contributed by atoms with Crippen molar-refractivity contribution in [3.63, 3.8) is 0 Å². The van der Waals surface area contributed by atoms with Crippen molar-refractivity contribution in [3.8, 4) is 0 Å². The number of nitrogens with one attached hydrogen (secondary N) is 1. The van der Waals surface area contributed by atoms with Gasteiger partial charge in [0.1, 0.15) is 6.04 Å². The van der Waals surface area contributed by atoms with E-state index in [0.717, 1.165) is 17.7 Å². The van der Waals surface area contributed by atoms with Crippen LogP contribution in [0, 0.1) is 0 Å². The number of thioether (sulfide) groups is 1. The molecular weight excluding hydrogens is 380 g/mol. The van der Waals surface area contributed by atoms with Crippen LogP contribution in [0.3, 0.4) is 0 Å². The highest BCUT2D eigenvalue weighted by molar-refractivity contribution is 7.99. The molecule has 2 aromatic carbocycles. The zero-order valence-electron chi connectivity index (χ0n) is 17.6. The average molecular weight is 413 g/mol. The van der Waals surface area contributed by atoms with Crippen LogP contribution in [0.5, 0.6) is 0 Å². The number of nitrogens with zero attached hydrogens (tertiary/aromatic N) is 1. The van der Waals surface area contributed by atoms with Gasteiger partial charge in [-0.05, 0) is 30.9 Å². The Kier molecular flexibility index (Phi) is 9.78. The molecule has 0 unspecified atom stereocenters. The second-order valence-electron chi connectivity index (χ2n) is 7.23. The molecule has 0 fully saturated rings. The molecule has 5 heteroatoms. The summed E-state index contributed by atoms with van der Waals surface area (Å²) in [5.74, 6) is 1.07. The summed E-state index contributed by atoms with van der Waals surface area (Å²) in [4.78, 5) is 27.7. The Morgan fingerprint density at radius 2 is 1.52 bits per heavy atom. The summed E-state index contributed by atoms with van der Waals surface area (Å²) < 4.78 is 0. The van der Waals surface area contributed by atoms with E-state index in [0.29, 0.717) is 18.7 Å². The Balaban J connectivity index is 2.09. The molecule has 0 bridgehead atoms. The maximum atomic E-state index is 13.1. The predicted octanol–water partition coefficient (Wildman–Crippen LogP) is 4.64. The van der Waals surface area contributed by atoms with E-state index in [1.165, 1.54) is 5.56 Å². The third-order valence-corrected chi connectivity index (χ3v) is 5.91. The highest BCUT2D eigenvalue weighted by Crippen LogP contribution is 2.17. The van der Waals surface area contributed by atoms with Crippen LogP contribution in [0.1, 0.15) is 44.7 Å². The second-order valence-corrected chi connectivity index (χ2v) is 8.21. The Morgan fingerprint density at radius 3 is 2.07 bits per heavy atom. The van der Waals surface area contributed by atoms with Crippen molar-refractivity contribution >= 4 is 23.6 Å². The van der Waals surface area contributed by atoms with E-state index in [1.807, 2.05) is 69.3 Å². The van der Waals surface area contributed by atoms with Crippen LogP contribution in [0.15, 0.2) is 60.7 Å². The SMILES string of the molecule is CC[C@@H](C)NC(=O)[C@@H](CC)N(Cc1ccccc1)C(=O)CSCc1ccccc1. The molecule has 1 N–H and O–H groups in total. The van der Waals surface area contributed by atoms with Crippen molar-refractivity contribution < 1.29 is 9.59 Å². The van der Waals surface area contributed by atoms with Crippen molar-refractivity contribution in [2.24, 2.45) is 0 Å². The van der Waals surface area contributed by atoms with Gasteiger partial charge in [0.15, 0.2) is 0 Å². The number of benzene rings is 2. The lowest BCUT2D eigenvalue weighted by Gasteiger charge is -2.31. The standard InChI is InChI=1S/C24H32N2O2S/c1-4-19(3)25-24(28)22(5-2)26(16-20-12-8-6-9-13-20)23(27)18-29-17-21-14-10-7-11-15-21/h6-15,19,22H,4-5,16-18H2,1-3H3,(H,25,28)/t19-,22-/m1/s1. The fourth-order valence-electron chi connectivity index (χ4n) is 3.05. The fourth-order valence-corrected chi connectivity index (χ4v) is 3.92. The van der Waals surface area contributed by atoms with E-state index >= 15 is 0 Å². The van der Waals surface area contributed by atoms with Crippen LogP contribution in [-0.2, 0) is 21.9 Å². The molecular formula is C24H32N2O2S. The molecule has 156 valence electrons. The number of amides is 2. The predicted molar refractivity (Wildman–Crippen MR) is 122 cm³/mol. The normalized spacial score (nSPS) is 12.8. The monoisotopic (exact) mass is 412 g/mol. The van der Waals surface area contributed by atoms with Gasteiger partial charge in [-0.25, -0.2) is 0 Å². The molecule has 0 aromatic heterocycles. The number of carbonyl (C=O) groups is 2. The minimum absolute atomic E-state index is 0.000866. The van der Waals surface area contributed by atoms with Crippen molar-refractivity contribution in [2.45, 2.75) is 58.0 Å². The van der Waals surface area contributed by atoms with E-state index in [4.69, 9.17) is 0 Å². The summed E-state index contributed by atoms with van der Waals surface area (Å²) in [5.41, 5.74) is 2.23. The quantitative estimate of drug-likeness (QED) is 0.585. The van der Waals surface area contributed by atoms with Gasteiger partial charge in [-0.15, -0.1) is 11.8 Å². The summed E-state index contributed by atoms with van der Waals surface area (Å²) in [5, 5.41) is 3.04. The zero-order valence-corrected chi connectivity index (χ0v) is 18.5. The lowest BCUT2D eigenvalue weighted by molar-refractivity contribution is -0.139. The molecule has 0 heterocycles. The van der Waals surface area contributed by atoms with E-state index < -0.39 is 6.04 Å². The first-order chi connectivity index (χ1) is 14.0. The van der Waals surface area contributed by atoms with Crippen LogP contribution in [-0.4, -0.2) is 34.6 Å². The molecule has 2 amide bonds. The van der Waals surface area contributed by atoms with Gasteiger partial charge in [0.2, 0.25) is 11.8 Å². The molecule has 4 nitrogen and oxygen atoms in total. The molecule has 0 radical (unpaired) electrons. The lowest BCUT2D eigenvalue weighted by atomic mass is 10.1. The summed E-state index contributed by atoms with van der Waals surface area (Å²) in [6.07, 6.45) is 1.45. The molecule has 0 saturated heterocycles. The van der Waals surface area contributed by atoms with Crippen LogP contribution in [0.2, 0.25) is 0 Å². The van der Waals surface area contributed by atoms with Crippen molar-refractivity contribution in [1.82, 2.24) is 10.2 Å². The van der Waals surface area contributed by atoms with Crippen LogP contribution >= 0.6 is 11.8 Å². The Bertz CT molecular complexity index is 752. The smallest absolute Gasteiger partial charge is 0.243 e. The van der Waals surface area contributed by atoms with Gasteiger partial charge in [-0.3, -0.25) is 9.59 Å². The molecule has 29 heavy (non-hydrogen) atoms. The summed E-state index contributed by atoms with van der Waals surface area (Å²) >= 11 is 1.59. The molecule has 2 rings (SSSR count). The Labute approximate surface area is 179 Å². The Hall–Kier alpha value is -2.27. The minimum Gasteiger partial charge on any atom is -0.352 e. The topological polar surface area (TPSA) is 49.4 Å². The highest BCUT2D eigenvalue weighted by Gasteiger charge is 2.29. The molecule has 2 aromatic rings. The van der Waals surface area contributed by atoms with Crippen LogP contribution < -0.4 is 5.32 Å². The van der Waals surface area contributed by atoms with E-state index in [1.54, 1.807) is 16.7 Å². The fraction of sp³-hybridized carbons (Fsp3) is 0.417. The van der Waals surface area contributed by atoms with Gasteiger partial charge >= 0.3 is 0 Å². The van der Waals surface area contributed by atoms with Crippen molar-refractivity contribution in [1.29, 1.82) is 0 Å². The van der Waals surface area contributed by atoms with E-state index in [9.17, 15) is 9.59 Å². The van der Waals surface area contributed by atoms with Gasteiger partial charge in [-0.2, -0.15) is 0 Å². The van der Waals surface area contributed by atoms with E-state index in [2.05, 4.69) is 17.4 Å². The maximum Gasteiger partial charge on any atom is 0.243 e. The third kappa shape index (κ3) is 7.58. The minimum atomic E-state index is -0.464. The van der Waals surface area contributed by atoms with Crippen molar-refractivity contribution in [2.75, 3.05) is 5.75 Å². The van der Waals surface area contributed by atoms with E-state index in [-0.39, 0.29) is 17.9 Å². The first-order valence-electron chi connectivity index (χ1n) is 10.3. The van der Waals surface area contributed by atoms with Gasteiger partial charge in [0.05, 0.1) is 5.75 Å². The second kappa shape index (κ2) is 12.3. The molecule has 0 aliphatic rings. The summed E-state index contributed by atoms with van der Waals surface area (Å²) in [6, 6.07) is 19.6. The zero-order chi connectivity index (χ0) is 21.1. The highest BCUT2D eigenvalue weighted by atomic mass is 32.2. The van der Waals surface area contributed by atoms with Crippen molar-refractivity contribution in [3.05, 3.63) is 71.8 Å². The summed E-state index contributed by atoms with van der Waals surface area (Å²) in [6.45, 7) is 6.43. The van der Waals surface area contributed by atoms with Gasteiger partial charge < -0.3 is 10.2 Å². The number of hydrogen-bond donors (Lipinski definition) is 1. The Morgan fingerprint density at radius 1 is 0.931 bits per heavy atom. The molecule has 0 aliphatic heterocycles. The largest absolute Gasteiger partial charge is 0.352 e. The first-order valence-corrected chi connectivity index (χ1v) is 11.5. The molecule has 2 atom stereocenters.